The predicted molar refractivity (Wildman–Crippen MR) is 152 cm³/mol. The van der Waals surface area contributed by atoms with Gasteiger partial charge in [-0.05, 0) is 43.2 Å². The lowest BCUT2D eigenvalue weighted by atomic mass is 9.95. The summed E-state index contributed by atoms with van der Waals surface area (Å²) in [4.78, 5) is 45.4. The van der Waals surface area contributed by atoms with Crippen molar-refractivity contribution in [2.45, 2.75) is 32.7 Å². The molecule has 0 saturated carbocycles. The molecule has 208 valence electrons. The zero-order valence-electron chi connectivity index (χ0n) is 22.5. The molecule has 1 saturated heterocycles. The van der Waals surface area contributed by atoms with Crippen LogP contribution in [0.15, 0.2) is 66.8 Å². The second-order valence-electron chi connectivity index (χ2n) is 8.97. The molecule has 40 heavy (non-hydrogen) atoms. The number of Topliss-reactive ketones (excluding diaryl/α,β-unsaturated/α-hetero) is 1. The summed E-state index contributed by atoms with van der Waals surface area (Å²) >= 11 is 0.936. The number of anilines is 1. The van der Waals surface area contributed by atoms with Crippen LogP contribution in [0.2, 0.25) is 0 Å². The van der Waals surface area contributed by atoms with Gasteiger partial charge in [0.25, 0.3) is 5.78 Å². The summed E-state index contributed by atoms with van der Waals surface area (Å²) in [7, 11) is 1.49. The van der Waals surface area contributed by atoms with Crippen molar-refractivity contribution < 1.29 is 33.7 Å². The van der Waals surface area contributed by atoms with Gasteiger partial charge in [-0.2, -0.15) is 0 Å². The highest BCUT2D eigenvalue weighted by atomic mass is 32.1. The number of aliphatic hydroxyl groups is 1. The first kappa shape index (κ1) is 28.6. The van der Waals surface area contributed by atoms with E-state index in [-0.39, 0.29) is 27.9 Å². The molecule has 1 fully saturated rings. The molecule has 1 amide bonds. The number of aryl methyl sites for hydroxylation is 1. The number of hydrogen-bond acceptors (Lipinski definition) is 9. The van der Waals surface area contributed by atoms with Crippen LogP contribution in [0.5, 0.6) is 11.5 Å². The van der Waals surface area contributed by atoms with E-state index in [2.05, 4.69) is 18.5 Å². The smallest absolute Gasteiger partial charge is 0.350 e. The van der Waals surface area contributed by atoms with Crippen LogP contribution in [0, 0.1) is 6.92 Å². The number of unbranched alkanes of at least 4 members (excludes halogenated alkanes) is 1. The van der Waals surface area contributed by atoms with Crippen LogP contribution in [-0.2, 0) is 14.3 Å². The Bertz CT molecular complexity index is 1460. The number of thiazole rings is 1. The lowest BCUT2D eigenvalue weighted by Gasteiger charge is -2.23. The summed E-state index contributed by atoms with van der Waals surface area (Å²) in [6.07, 6.45) is 3.35. The van der Waals surface area contributed by atoms with Crippen LogP contribution in [0.1, 0.15) is 52.3 Å². The van der Waals surface area contributed by atoms with Crippen LogP contribution >= 0.6 is 11.3 Å². The third-order valence-corrected chi connectivity index (χ3v) is 7.40. The van der Waals surface area contributed by atoms with Crippen molar-refractivity contribution in [3.8, 4) is 11.5 Å². The van der Waals surface area contributed by atoms with Gasteiger partial charge in [-0.25, -0.2) is 9.78 Å². The molecule has 3 aromatic rings. The molecule has 4 rings (SSSR count). The zero-order valence-corrected chi connectivity index (χ0v) is 23.3. The summed E-state index contributed by atoms with van der Waals surface area (Å²) < 4.78 is 16.2. The summed E-state index contributed by atoms with van der Waals surface area (Å²) in [5.74, 6) is -1.61. The van der Waals surface area contributed by atoms with Crippen molar-refractivity contribution in [1.82, 2.24) is 4.98 Å². The van der Waals surface area contributed by atoms with E-state index in [0.29, 0.717) is 34.9 Å². The highest BCUT2D eigenvalue weighted by molar-refractivity contribution is 7.17. The minimum atomic E-state index is -1.02. The Balaban J connectivity index is 1.83. The number of hydrogen-bond donors (Lipinski definition) is 1. The van der Waals surface area contributed by atoms with Crippen LogP contribution in [0.25, 0.3) is 5.76 Å². The molecule has 1 N–H and O–H groups in total. The Morgan fingerprint density at radius 2 is 1.93 bits per heavy atom. The molecule has 1 unspecified atom stereocenters. The highest BCUT2D eigenvalue weighted by Crippen LogP contribution is 2.44. The van der Waals surface area contributed by atoms with Gasteiger partial charge in [0.15, 0.2) is 5.13 Å². The second kappa shape index (κ2) is 12.6. The first-order chi connectivity index (χ1) is 19.3. The van der Waals surface area contributed by atoms with Gasteiger partial charge >= 0.3 is 11.9 Å². The average Bonchev–Trinajstić information content (AvgIpc) is 3.48. The molecule has 10 heteroatoms. The quantitative estimate of drug-likeness (QED) is 0.0801. The maximum absolute atomic E-state index is 13.5. The van der Waals surface area contributed by atoms with E-state index in [1.165, 1.54) is 18.1 Å². The highest BCUT2D eigenvalue weighted by Gasteiger charge is 2.48. The SMILES string of the molecule is C=CCOC(=O)c1sc(N2C(=O)C(=O)/C(=C(/O)c3cccc(OC)c3)C2c2ccc(OCCCC)cc2)nc1C. The van der Waals surface area contributed by atoms with E-state index in [1.54, 1.807) is 55.5 Å². The molecule has 0 bridgehead atoms. The molecular weight excluding hydrogens is 532 g/mol. The van der Waals surface area contributed by atoms with Gasteiger partial charge in [0.05, 0.1) is 31.0 Å². The third-order valence-electron chi connectivity index (χ3n) is 6.26. The number of ether oxygens (including phenoxy) is 3. The molecule has 1 atom stereocenters. The van der Waals surface area contributed by atoms with Crippen LogP contribution in [0.4, 0.5) is 5.13 Å². The standard InChI is InChI=1S/C30H30N2O7S/c1-5-7-16-38-21-13-11-19(12-14-21)24-23(25(33)20-9-8-10-22(17-20)37-4)26(34)28(35)32(24)30-31-18(3)27(40-30)29(36)39-15-6-2/h6,8-14,17,24,33H,2,5,7,15-16H2,1,3-4H3/b25-23+. The monoisotopic (exact) mass is 562 g/mol. The van der Waals surface area contributed by atoms with Crippen molar-refractivity contribution in [1.29, 1.82) is 0 Å². The number of carbonyl (C=O) groups excluding carboxylic acids is 3. The second-order valence-corrected chi connectivity index (χ2v) is 9.95. The Labute approximate surface area is 236 Å². The van der Waals surface area contributed by atoms with Gasteiger partial charge in [0.2, 0.25) is 0 Å². The zero-order chi connectivity index (χ0) is 28.8. The predicted octanol–water partition coefficient (Wildman–Crippen LogP) is 5.61. The normalized spacial score (nSPS) is 16.2. The fourth-order valence-electron chi connectivity index (χ4n) is 4.23. The number of aromatic nitrogens is 1. The van der Waals surface area contributed by atoms with Gasteiger partial charge in [-0.3, -0.25) is 14.5 Å². The van der Waals surface area contributed by atoms with E-state index in [4.69, 9.17) is 14.2 Å². The van der Waals surface area contributed by atoms with E-state index >= 15 is 0 Å². The van der Waals surface area contributed by atoms with Gasteiger partial charge in [-0.1, -0.05) is 61.6 Å². The lowest BCUT2D eigenvalue weighted by molar-refractivity contribution is -0.132. The summed E-state index contributed by atoms with van der Waals surface area (Å²) in [6, 6.07) is 12.5. The minimum Gasteiger partial charge on any atom is -0.507 e. The Morgan fingerprint density at radius 3 is 2.60 bits per heavy atom. The van der Waals surface area contributed by atoms with Gasteiger partial charge in [0, 0.05) is 5.56 Å². The summed E-state index contributed by atoms with van der Waals surface area (Å²) in [6.45, 7) is 7.81. The number of rotatable bonds is 11. The Hall–Kier alpha value is -4.44. The van der Waals surface area contributed by atoms with Crippen molar-refractivity contribution in [3.63, 3.8) is 0 Å². The number of ketones is 1. The number of amides is 1. The Morgan fingerprint density at radius 1 is 1.18 bits per heavy atom. The number of esters is 1. The number of nitrogens with zero attached hydrogens (tertiary/aromatic N) is 2. The molecule has 1 aromatic heterocycles. The molecule has 9 nitrogen and oxygen atoms in total. The van der Waals surface area contributed by atoms with E-state index in [9.17, 15) is 19.5 Å². The third kappa shape index (κ3) is 5.76. The molecule has 2 aromatic carbocycles. The van der Waals surface area contributed by atoms with Crippen molar-refractivity contribution in [2.24, 2.45) is 0 Å². The maximum Gasteiger partial charge on any atom is 0.350 e. The van der Waals surface area contributed by atoms with Crippen LogP contribution < -0.4 is 14.4 Å². The number of aliphatic hydroxyl groups excluding tert-OH is 1. The van der Waals surface area contributed by atoms with Gasteiger partial charge in [-0.15, -0.1) is 0 Å². The Kier molecular flexibility index (Phi) is 9.00. The molecule has 0 spiro atoms. The molecule has 2 heterocycles. The average molecular weight is 563 g/mol. The largest absolute Gasteiger partial charge is 0.507 e. The van der Waals surface area contributed by atoms with Crippen molar-refractivity contribution >= 4 is 39.9 Å². The topological polar surface area (TPSA) is 115 Å². The van der Waals surface area contributed by atoms with Crippen molar-refractivity contribution in [3.05, 3.63) is 88.5 Å². The van der Waals surface area contributed by atoms with E-state index in [1.807, 2.05) is 0 Å². The fourth-order valence-corrected chi connectivity index (χ4v) is 5.21. The molecule has 1 aliphatic rings. The van der Waals surface area contributed by atoms with E-state index in [0.717, 1.165) is 24.2 Å². The summed E-state index contributed by atoms with van der Waals surface area (Å²) in [5.41, 5.74) is 1.10. The van der Waals surface area contributed by atoms with E-state index < -0.39 is 23.7 Å². The van der Waals surface area contributed by atoms with Gasteiger partial charge in [0.1, 0.15) is 28.7 Å². The molecular formula is C30H30N2O7S. The number of methoxy groups -OCH3 is 1. The molecule has 0 radical (unpaired) electrons. The maximum atomic E-state index is 13.5. The van der Waals surface area contributed by atoms with Crippen LogP contribution in [0.3, 0.4) is 0 Å². The number of benzene rings is 2. The van der Waals surface area contributed by atoms with Crippen LogP contribution in [-0.4, -0.2) is 48.1 Å². The molecule has 0 aliphatic carbocycles. The first-order valence-corrected chi connectivity index (χ1v) is 13.6. The number of carbonyl (C=O) groups is 3. The molecule has 1 aliphatic heterocycles. The summed E-state index contributed by atoms with van der Waals surface area (Å²) in [5, 5.41) is 11.5. The lowest BCUT2D eigenvalue weighted by Crippen LogP contribution is -2.29. The van der Waals surface area contributed by atoms with Crippen molar-refractivity contribution in [2.75, 3.05) is 25.2 Å². The minimum absolute atomic E-state index is 0.0171. The fraction of sp³-hybridized carbons (Fsp3) is 0.267. The first-order valence-electron chi connectivity index (χ1n) is 12.7. The van der Waals surface area contributed by atoms with Gasteiger partial charge < -0.3 is 19.3 Å².